The largest absolute Gasteiger partial charge is 0.462 e. The molecule has 1 aliphatic heterocycles. The predicted molar refractivity (Wildman–Crippen MR) is 151 cm³/mol. The average Bonchev–Trinajstić information content (AvgIpc) is 3.15. The molecule has 43 heavy (non-hydrogen) atoms. The molecule has 4 rings (SSSR count). The average molecular weight is 624 g/mol. The van der Waals surface area contributed by atoms with Gasteiger partial charge < -0.3 is 19.1 Å². The number of carbonyl (C=O) groups is 1. The highest BCUT2D eigenvalue weighted by Crippen LogP contribution is 2.47. The number of aliphatic hydroxyl groups is 1. The van der Waals surface area contributed by atoms with Gasteiger partial charge in [-0.1, -0.05) is 24.3 Å². The number of halogens is 2. The summed E-state index contributed by atoms with van der Waals surface area (Å²) in [6.07, 6.45) is -4.43. The van der Waals surface area contributed by atoms with Gasteiger partial charge in [-0.25, -0.2) is 18.1 Å². The van der Waals surface area contributed by atoms with Crippen LogP contribution in [0, 0.1) is 5.82 Å². The van der Waals surface area contributed by atoms with Crippen LogP contribution in [0.2, 0.25) is 0 Å². The third kappa shape index (κ3) is 7.64. The normalized spacial score (nSPS) is 24.0. The van der Waals surface area contributed by atoms with Crippen molar-refractivity contribution in [3.63, 3.8) is 0 Å². The van der Waals surface area contributed by atoms with Crippen LogP contribution >= 0.6 is 7.75 Å². The van der Waals surface area contributed by atoms with Gasteiger partial charge in [-0.05, 0) is 63.1 Å². The van der Waals surface area contributed by atoms with E-state index in [1.807, 2.05) is 4.98 Å². The smallest absolute Gasteiger partial charge is 0.459 e. The van der Waals surface area contributed by atoms with Crippen LogP contribution in [-0.4, -0.2) is 57.3 Å². The van der Waals surface area contributed by atoms with E-state index in [1.54, 1.807) is 38.1 Å². The number of rotatable bonds is 11. The maximum Gasteiger partial charge on any atom is 0.459 e. The number of nitrogens with one attached hydrogen (secondary N) is 2. The Hall–Kier alpha value is -3.68. The molecule has 0 saturated carbocycles. The number of alkyl halides is 1. The quantitative estimate of drug-likeness (QED) is 0.213. The van der Waals surface area contributed by atoms with E-state index in [1.165, 1.54) is 31.2 Å². The molecule has 3 aromatic rings. The second kappa shape index (κ2) is 12.9. The van der Waals surface area contributed by atoms with Crippen molar-refractivity contribution in [2.45, 2.75) is 63.9 Å². The molecule has 1 fully saturated rings. The van der Waals surface area contributed by atoms with Crippen molar-refractivity contribution in [2.24, 2.45) is 0 Å². The maximum atomic E-state index is 15.6. The van der Waals surface area contributed by atoms with Crippen molar-refractivity contribution in [2.75, 3.05) is 6.61 Å². The molecule has 1 aromatic heterocycles. The number of carbonyl (C=O) groups excluding carboxylic acids is 1. The fraction of sp³-hybridized carbons (Fsp3) is 0.393. The summed E-state index contributed by atoms with van der Waals surface area (Å²) in [5.74, 6) is -1.13. The van der Waals surface area contributed by atoms with Crippen LogP contribution in [0.15, 0.2) is 70.4 Å². The Morgan fingerprint density at radius 1 is 1.16 bits per heavy atom. The minimum atomic E-state index is -4.46. The Labute approximate surface area is 245 Å². The molecule has 2 heterocycles. The number of H-pyrrole nitrogens is 1. The minimum Gasteiger partial charge on any atom is -0.462 e. The molecule has 6 atom stereocenters. The molecular formula is C28H32F2N3O9P. The van der Waals surface area contributed by atoms with Crippen LogP contribution in [0.4, 0.5) is 8.78 Å². The molecule has 3 N–H and O–H groups in total. The lowest BCUT2D eigenvalue weighted by atomic mass is 9.98. The van der Waals surface area contributed by atoms with Gasteiger partial charge in [0, 0.05) is 12.3 Å². The summed E-state index contributed by atoms with van der Waals surface area (Å²) < 4.78 is 65.9. The lowest BCUT2D eigenvalue weighted by Crippen LogP contribution is -2.43. The van der Waals surface area contributed by atoms with E-state index in [-0.39, 0.29) is 5.75 Å². The molecule has 0 aliphatic carbocycles. The van der Waals surface area contributed by atoms with Crippen LogP contribution in [0.25, 0.3) is 11.1 Å². The molecule has 2 aromatic carbocycles. The van der Waals surface area contributed by atoms with E-state index in [0.29, 0.717) is 11.1 Å². The molecule has 1 aliphatic rings. The second-order valence-corrected chi connectivity index (χ2v) is 12.1. The van der Waals surface area contributed by atoms with Crippen LogP contribution in [0.5, 0.6) is 5.75 Å². The van der Waals surface area contributed by atoms with E-state index in [4.69, 9.17) is 18.5 Å². The monoisotopic (exact) mass is 623 g/mol. The summed E-state index contributed by atoms with van der Waals surface area (Å²) in [4.78, 5) is 38.1. The Morgan fingerprint density at radius 2 is 1.86 bits per heavy atom. The minimum absolute atomic E-state index is 0.0429. The van der Waals surface area contributed by atoms with Crippen LogP contribution in [-0.2, 0) is 23.4 Å². The Kier molecular flexibility index (Phi) is 9.67. The van der Waals surface area contributed by atoms with E-state index in [9.17, 15) is 28.4 Å². The second-order valence-electron chi connectivity index (χ2n) is 10.4. The first-order valence-corrected chi connectivity index (χ1v) is 14.8. The van der Waals surface area contributed by atoms with E-state index < -0.39 is 73.6 Å². The summed E-state index contributed by atoms with van der Waals surface area (Å²) in [5.41, 5.74) is -2.98. The van der Waals surface area contributed by atoms with Crippen LogP contribution in [0.3, 0.4) is 0 Å². The van der Waals surface area contributed by atoms with Gasteiger partial charge in [-0.15, -0.1) is 0 Å². The highest BCUT2D eigenvalue weighted by Gasteiger charge is 2.56. The van der Waals surface area contributed by atoms with Crippen molar-refractivity contribution < 1.29 is 41.8 Å². The van der Waals surface area contributed by atoms with Crippen LogP contribution < -0.4 is 20.9 Å². The van der Waals surface area contributed by atoms with Gasteiger partial charge in [-0.2, -0.15) is 5.09 Å². The third-order valence-corrected chi connectivity index (χ3v) is 8.17. The summed E-state index contributed by atoms with van der Waals surface area (Å²) in [7, 11) is -4.46. The lowest BCUT2D eigenvalue weighted by Gasteiger charge is -2.25. The topological polar surface area (TPSA) is 158 Å². The van der Waals surface area contributed by atoms with Gasteiger partial charge in [0.15, 0.2) is 11.9 Å². The molecule has 0 bridgehead atoms. The highest BCUT2D eigenvalue weighted by molar-refractivity contribution is 7.52. The number of hydrogen-bond acceptors (Lipinski definition) is 9. The number of aliphatic hydroxyl groups excluding tert-OH is 1. The number of aromatic nitrogens is 2. The summed E-state index contributed by atoms with van der Waals surface area (Å²) in [5, 5.41) is 13.2. The van der Waals surface area contributed by atoms with Crippen molar-refractivity contribution in [3.05, 3.63) is 87.4 Å². The first-order valence-electron chi connectivity index (χ1n) is 13.3. The number of ether oxygens (including phenoxy) is 2. The van der Waals surface area contributed by atoms with Gasteiger partial charge in [0.2, 0.25) is 0 Å². The van der Waals surface area contributed by atoms with Crippen LogP contribution in [0.1, 0.15) is 33.9 Å². The van der Waals surface area contributed by atoms with E-state index in [2.05, 4.69) is 5.09 Å². The summed E-state index contributed by atoms with van der Waals surface area (Å²) in [6.45, 7) is 4.93. The van der Waals surface area contributed by atoms with E-state index in [0.717, 1.165) is 23.8 Å². The molecule has 232 valence electrons. The Balaban J connectivity index is 1.55. The number of hydrogen-bond donors (Lipinski definition) is 3. The highest BCUT2D eigenvalue weighted by atomic mass is 31.2. The number of esters is 1. The van der Waals surface area contributed by atoms with Crippen molar-refractivity contribution in [3.8, 4) is 16.9 Å². The lowest BCUT2D eigenvalue weighted by molar-refractivity contribution is -0.149. The van der Waals surface area contributed by atoms with E-state index >= 15 is 4.39 Å². The molecule has 1 saturated heterocycles. The Bertz CT molecular complexity index is 1610. The molecule has 12 nitrogen and oxygen atoms in total. The van der Waals surface area contributed by atoms with Gasteiger partial charge in [0.05, 0.1) is 12.7 Å². The van der Waals surface area contributed by atoms with Gasteiger partial charge in [0.1, 0.15) is 29.8 Å². The zero-order valence-electron chi connectivity index (χ0n) is 23.7. The summed E-state index contributed by atoms with van der Waals surface area (Å²) in [6, 6.07) is 11.8. The van der Waals surface area contributed by atoms with Gasteiger partial charge in [0.25, 0.3) is 5.56 Å². The van der Waals surface area contributed by atoms with Crippen molar-refractivity contribution in [1.29, 1.82) is 0 Å². The van der Waals surface area contributed by atoms with Crippen molar-refractivity contribution in [1.82, 2.24) is 14.6 Å². The first kappa shape index (κ1) is 32.2. The first-order chi connectivity index (χ1) is 20.2. The fourth-order valence-corrected chi connectivity index (χ4v) is 5.87. The number of nitrogens with zero attached hydrogens (tertiary/aromatic N) is 1. The summed E-state index contributed by atoms with van der Waals surface area (Å²) >= 11 is 0. The zero-order chi connectivity index (χ0) is 31.5. The standard InChI is InChI=1S/C28H32F2N3O9P/c1-16(2)40-25(36)17(3)32-43(38,42-21-10-8-18(9-11-21)19-6-5-7-20(29)14-19)39-15-22-24(35)28(4,30)26(41-22)33-13-12-23(34)31-27(33)37/h5-14,16-17,22,24,26,35H,15H2,1-4H3,(H,32,38)(H,31,34,37). The molecular weight excluding hydrogens is 591 g/mol. The third-order valence-electron chi connectivity index (χ3n) is 6.52. The number of aromatic amines is 1. The molecule has 0 amide bonds. The SMILES string of the molecule is CC(C)OC(=O)C(C)NP(=O)(OCC1OC(n2ccc(=O)[nH]c2=O)C(C)(F)C1O)Oc1ccc(-c2cccc(F)c2)cc1. The maximum absolute atomic E-state index is 15.6. The fourth-order valence-electron chi connectivity index (χ4n) is 4.36. The van der Waals surface area contributed by atoms with Gasteiger partial charge in [-0.3, -0.25) is 23.7 Å². The molecule has 0 radical (unpaired) electrons. The molecule has 6 unspecified atom stereocenters. The molecule has 15 heteroatoms. The Morgan fingerprint density at radius 3 is 2.49 bits per heavy atom. The van der Waals surface area contributed by atoms with Gasteiger partial charge >= 0.3 is 19.4 Å². The van der Waals surface area contributed by atoms with Crippen molar-refractivity contribution >= 4 is 13.7 Å². The zero-order valence-corrected chi connectivity index (χ0v) is 24.6. The predicted octanol–water partition coefficient (Wildman–Crippen LogP) is 3.46. The molecule has 0 spiro atoms. The number of benzene rings is 2.